The third-order valence-electron chi connectivity index (χ3n) is 5.51. The molecule has 0 saturated carbocycles. The Labute approximate surface area is 163 Å². The summed E-state index contributed by atoms with van der Waals surface area (Å²) in [6, 6.07) is 8.48. The largest absolute Gasteiger partial charge is 0.339 e. The van der Waals surface area contributed by atoms with Gasteiger partial charge in [-0.15, -0.1) is 11.3 Å². The zero-order valence-corrected chi connectivity index (χ0v) is 16.9. The summed E-state index contributed by atoms with van der Waals surface area (Å²) < 4.78 is 23.6. The van der Waals surface area contributed by atoms with E-state index in [9.17, 15) is 8.42 Å². The van der Waals surface area contributed by atoms with Gasteiger partial charge in [0.05, 0.1) is 17.2 Å². The molecule has 0 spiro atoms. The average molecular weight is 400 g/mol. The monoisotopic (exact) mass is 399 g/mol. The molecule has 1 aliphatic carbocycles. The zero-order chi connectivity index (χ0) is 18.6. The molecular formula is C20H21N3O2S2. The number of sulfone groups is 1. The van der Waals surface area contributed by atoms with Crippen molar-refractivity contribution in [3.05, 3.63) is 40.3 Å². The summed E-state index contributed by atoms with van der Waals surface area (Å²) in [6.07, 6.45) is 3.43. The van der Waals surface area contributed by atoms with Crippen molar-refractivity contribution < 1.29 is 8.42 Å². The molecular weight excluding hydrogens is 378 g/mol. The molecule has 27 heavy (non-hydrogen) atoms. The molecule has 2 aliphatic rings. The molecule has 0 N–H and O–H groups in total. The number of fused-ring (bicyclic) bond motifs is 3. The van der Waals surface area contributed by atoms with Gasteiger partial charge in [0.15, 0.2) is 9.84 Å². The fourth-order valence-electron chi connectivity index (χ4n) is 3.96. The first-order valence-corrected chi connectivity index (χ1v) is 12.0. The first-order valence-electron chi connectivity index (χ1n) is 9.35. The van der Waals surface area contributed by atoms with Crippen molar-refractivity contribution in [2.24, 2.45) is 0 Å². The lowest BCUT2D eigenvalue weighted by molar-refractivity contribution is 0.586. The van der Waals surface area contributed by atoms with Gasteiger partial charge in [-0.1, -0.05) is 29.8 Å². The summed E-state index contributed by atoms with van der Waals surface area (Å²) in [4.78, 5) is 14.3. The summed E-state index contributed by atoms with van der Waals surface area (Å²) in [7, 11) is -2.93. The van der Waals surface area contributed by atoms with Crippen LogP contribution in [-0.4, -0.2) is 43.0 Å². The molecule has 3 aromatic rings. The van der Waals surface area contributed by atoms with E-state index in [-0.39, 0.29) is 11.5 Å². The summed E-state index contributed by atoms with van der Waals surface area (Å²) in [5.41, 5.74) is 4.73. The minimum absolute atomic E-state index is 0.176. The highest BCUT2D eigenvalue weighted by atomic mass is 32.2. The Morgan fingerprint density at radius 1 is 1.04 bits per heavy atom. The third-order valence-corrected chi connectivity index (χ3v) is 8.30. The van der Waals surface area contributed by atoms with Crippen molar-refractivity contribution in [1.82, 2.24) is 9.97 Å². The minimum Gasteiger partial charge on any atom is -0.339 e. The summed E-state index contributed by atoms with van der Waals surface area (Å²) in [6.45, 7) is 3.01. The first-order chi connectivity index (χ1) is 13.0. The number of benzene rings is 1. The van der Waals surface area contributed by atoms with E-state index in [1.807, 2.05) is 4.90 Å². The van der Waals surface area contributed by atoms with Crippen LogP contribution >= 0.6 is 11.3 Å². The second-order valence-electron chi connectivity index (χ2n) is 7.41. The smallest absolute Gasteiger partial charge is 0.227 e. The highest BCUT2D eigenvalue weighted by Crippen LogP contribution is 2.41. The van der Waals surface area contributed by atoms with E-state index in [0.717, 1.165) is 28.9 Å². The van der Waals surface area contributed by atoms with Gasteiger partial charge >= 0.3 is 0 Å². The van der Waals surface area contributed by atoms with E-state index in [1.54, 1.807) is 11.3 Å². The highest BCUT2D eigenvalue weighted by molar-refractivity contribution is 7.91. The van der Waals surface area contributed by atoms with E-state index in [4.69, 9.17) is 9.97 Å². The van der Waals surface area contributed by atoms with Crippen molar-refractivity contribution >= 4 is 37.3 Å². The second-order valence-corrected chi connectivity index (χ2v) is 10.8. The summed E-state index contributed by atoms with van der Waals surface area (Å²) >= 11 is 1.78. The molecule has 1 aromatic carbocycles. The standard InChI is InChI=1S/C20H21N3O2S2/c1-13-5-7-14(8-6-13)18-17-15-3-2-4-16(15)26-19(17)22-20(21-18)23-9-11-27(24,25)12-10-23/h5-8H,2-4,9-12H2,1H3. The van der Waals surface area contributed by atoms with Crippen LogP contribution in [0.2, 0.25) is 0 Å². The summed E-state index contributed by atoms with van der Waals surface area (Å²) in [5.74, 6) is 1.01. The minimum atomic E-state index is -2.93. The molecule has 5 nitrogen and oxygen atoms in total. The molecule has 0 amide bonds. The lowest BCUT2D eigenvalue weighted by Gasteiger charge is -2.27. The maximum absolute atomic E-state index is 11.8. The van der Waals surface area contributed by atoms with Crippen LogP contribution in [0.5, 0.6) is 0 Å². The zero-order valence-electron chi connectivity index (χ0n) is 15.2. The lowest BCUT2D eigenvalue weighted by atomic mass is 10.0. The van der Waals surface area contributed by atoms with Gasteiger partial charge < -0.3 is 4.90 Å². The first kappa shape index (κ1) is 17.1. The molecule has 0 bridgehead atoms. The number of hydrogen-bond donors (Lipinski definition) is 0. The van der Waals surface area contributed by atoms with Gasteiger partial charge in [-0.25, -0.2) is 18.4 Å². The molecule has 0 atom stereocenters. The summed E-state index contributed by atoms with van der Waals surface area (Å²) in [5, 5.41) is 1.20. The molecule has 140 valence electrons. The quantitative estimate of drug-likeness (QED) is 0.661. The predicted octanol–water partition coefficient (Wildman–Crippen LogP) is 3.39. The molecule has 0 radical (unpaired) electrons. The third kappa shape index (κ3) is 3.02. The number of aromatic nitrogens is 2. The number of nitrogens with zero attached hydrogens (tertiary/aromatic N) is 3. The number of rotatable bonds is 2. The van der Waals surface area contributed by atoms with Crippen LogP contribution in [0, 0.1) is 6.92 Å². The van der Waals surface area contributed by atoms with Crippen LogP contribution in [0.25, 0.3) is 21.5 Å². The number of hydrogen-bond acceptors (Lipinski definition) is 6. The topological polar surface area (TPSA) is 63.2 Å². The normalized spacial score (nSPS) is 18.8. The van der Waals surface area contributed by atoms with Crippen molar-refractivity contribution in [1.29, 1.82) is 0 Å². The fraction of sp³-hybridized carbons (Fsp3) is 0.400. The molecule has 7 heteroatoms. The van der Waals surface area contributed by atoms with E-state index in [0.29, 0.717) is 19.0 Å². The Balaban J connectivity index is 1.67. The van der Waals surface area contributed by atoms with Gasteiger partial charge in [-0.2, -0.15) is 0 Å². The average Bonchev–Trinajstić information content (AvgIpc) is 3.22. The van der Waals surface area contributed by atoms with Crippen LogP contribution in [0.3, 0.4) is 0 Å². The van der Waals surface area contributed by atoms with E-state index < -0.39 is 9.84 Å². The van der Waals surface area contributed by atoms with Crippen molar-refractivity contribution in [2.45, 2.75) is 26.2 Å². The van der Waals surface area contributed by atoms with Crippen LogP contribution in [-0.2, 0) is 22.7 Å². The van der Waals surface area contributed by atoms with Gasteiger partial charge in [0.25, 0.3) is 0 Å². The van der Waals surface area contributed by atoms with Gasteiger partial charge in [0.1, 0.15) is 4.83 Å². The molecule has 1 fully saturated rings. The van der Waals surface area contributed by atoms with Gasteiger partial charge in [0, 0.05) is 28.9 Å². The van der Waals surface area contributed by atoms with E-state index in [1.165, 1.54) is 27.8 Å². The molecule has 2 aromatic heterocycles. The lowest BCUT2D eigenvalue weighted by Crippen LogP contribution is -2.41. The Bertz CT molecular complexity index is 1120. The van der Waals surface area contributed by atoms with Gasteiger partial charge in [0.2, 0.25) is 5.95 Å². The molecule has 3 heterocycles. The second kappa shape index (κ2) is 6.27. The number of thiophene rings is 1. The molecule has 1 saturated heterocycles. The predicted molar refractivity (Wildman–Crippen MR) is 110 cm³/mol. The van der Waals surface area contributed by atoms with Crippen molar-refractivity contribution in [3.8, 4) is 11.3 Å². The van der Waals surface area contributed by atoms with Crippen LogP contribution in [0.1, 0.15) is 22.4 Å². The Kier molecular flexibility index (Phi) is 3.98. The Morgan fingerprint density at radius 2 is 1.78 bits per heavy atom. The Hall–Kier alpha value is -1.99. The van der Waals surface area contributed by atoms with Gasteiger partial charge in [-0.05, 0) is 31.7 Å². The molecule has 5 rings (SSSR count). The number of aryl methyl sites for hydroxylation is 3. The molecule has 1 aliphatic heterocycles. The van der Waals surface area contributed by atoms with Crippen LogP contribution in [0.15, 0.2) is 24.3 Å². The Morgan fingerprint density at radius 3 is 2.52 bits per heavy atom. The van der Waals surface area contributed by atoms with Crippen molar-refractivity contribution in [2.75, 3.05) is 29.5 Å². The van der Waals surface area contributed by atoms with E-state index >= 15 is 0 Å². The molecule has 0 unspecified atom stereocenters. The number of anilines is 1. The van der Waals surface area contributed by atoms with Crippen molar-refractivity contribution in [3.63, 3.8) is 0 Å². The van der Waals surface area contributed by atoms with E-state index in [2.05, 4.69) is 31.2 Å². The fourth-order valence-corrected chi connectivity index (χ4v) is 6.42. The maximum atomic E-state index is 11.8. The van der Waals surface area contributed by atoms with Gasteiger partial charge in [-0.3, -0.25) is 0 Å². The highest BCUT2D eigenvalue weighted by Gasteiger charge is 2.27. The van der Waals surface area contributed by atoms with Crippen LogP contribution in [0.4, 0.5) is 5.95 Å². The maximum Gasteiger partial charge on any atom is 0.227 e. The van der Waals surface area contributed by atoms with Crippen LogP contribution < -0.4 is 4.90 Å². The SMILES string of the molecule is Cc1ccc(-c2nc(N3CCS(=O)(=O)CC3)nc3sc4c(c23)CCC4)cc1.